The van der Waals surface area contributed by atoms with Crippen LogP contribution in [-0.2, 0) is 24.3 Å². The SMILES string of the molecule is CCCCCCCCCCCCCCCCS(=O)(=O)Nc1ccc(Cl)c(NC(=O)C(Oc2ccc(C(=O)OCCC)cc2)C(=O)C(C)(C)C)c1. The van der Waals surface area contributed by atoms with Crippen molar-refractivity contribution in [1.82, 2.24) is 0 Å². The van der Waals surface area contributed by atoms with Gasteiger partial charge in [0.05, 0.1) is 34.3 Å². The lowest BCUT2D eigenvalue weighted by Gasteiger charge is -2.25. The van der Waals surface area contributed by atoms with Crippen LogP contribution >= 0.6 is 11.6 Å². The zero-order valence-electron chi connectivity index (χ0n) is 30.8. The molecule has 0 saturated heterocycles. The predicted octanol–water partition coefficient (Wildman–Crippen LogP) is 10.1. The van der Waals surface area contributed by atoms with Crippen LogP contribution in [0.5, 0.6) is 5.75 Å². The van der Waals surface area contributed by atoms with Crippen LogP contribution in [0.4, 0.5) is 11.4 Å². The minimum Gasteiger partial charge on any atom is -0.473 e. The second-order valence-corrected chi connectivity index (χ2v) is 16.2. The summed E-state index contributed by atoms with van der Waals surface area (Å²) in [5, 5.41) is 2.79. The van der Waals surface area contributed by atoms with Crippen LogP contribution in [0.3, 0.4) is 0 Å². The number of sulfonamides is 1. The van der Waals surface area contributed by atoms with Gasteiger partial charge in [0.15, 0.2) is 5.78 Å². The van der Waals surface area contributed by atoms with Crippen LogP contribution in [0.15, 0.2) is 42.5 Å². The number of Topliss-reactive ketones (excluding diaryl/α,β-unsaturated/α-hetero) is 1. The third-order valence-corrected chi connectivity index (χ3v) is 9.96. The summed E-state index contributed by atoms with van der Waals surface area (Å²) in [7, 11) is -3.63. The smallest absolute Gasteiger partial charge is 0.338 e. The quantitative estimate of drug-likeness (QED) is 0.0590. The first-order chi connectivity index (χ1) is 23.8. The first kappa shape index (κ1) is 43.1. The number of hydrogen-bond acceptors (Lipinski definition) is 7. The summed E-state index contributed by atoms with van der Waals surface area (Å²) in [6, 6.07) is 10.4. The third kappa shape index (κ3) is 16.7. The highest BCUT2D eigenvalue weighted by Crippen LogP contribution is 2.28. The number of hydrogen-bond donors (Lipinski definition) is 2. The van der Waals surface area contributed by atoms with E-state index in [-0.39, 0.29) is 27.9 Å². The van der Waals surface area contributed by atoms with Crippen molar-refractivity contribution in [2.24, 2.45) is 5.41 Å². The molecule has 0 aliphatic rings. The Morgan fingerprint density at radius 3 is 1.82 bits per heavy atom. The Morgan fingerprint density at radius 2 is 1.30 bits per heavy atom. The number of ketones is 1. The minimum absolute atomic E-state index is 0.0134. The van der Waals surface area contributed by atoms with E-state index >= 15 is 0 Å². The molecular formula is C39H59ClN2O7S. The number of halogens is 1. The molecule has 0 aromatic heterocycles. The molecule has 2 aromatic carbocycles. The lowest BCUT2D eigenvalue weighted by atomic mass is 9.87. The molecule has 2 N–H and O–H groups in total. The molecule has 0 aliphatic heterocycles. The lowest BCUT2D eigenvalue weighted by Crippen LogP contribution is -2.45. The average Bonchev–Trinajstić information content (AvgIpc) is 3.07. The monoisotopic (exact) mass is 734 g/mol. The van der Waals surface area contributed by atoms with Crippen LogP contribution in [-0.4, -0.2) is 44.5 Å². The highest BCUT2D eigenvalue weighted by molar-refractivity contribution is 7.92. The van der Waals surface area contributed by atoms with Crippen LogP contribution in [0.2, 0.25) is 5.02 Å². The summed E-state index contributed by atoms with van der Waals surface area (Å²) in [4.78, 5) is 39.0. The Balaban J connectivity index is 1.90. The molecule has 0 spiro atoms. The maximum absolute atomic E-state index is 13.5. The van der Waals surface area contributed by atoms with Gasteiger partial charge in [-0.1, -0.05) is 130 Å². The fourth-order valence-electron chi connectivity index (χ4n) is 5.30. The molecular weight excluding hydrogens is 676 g/mol. The van der Waals surface area contributed by atoms with Crippen molar-refractivity contribution in [3.8, 4) is 5.75 Å². The van der Waals surface area contributed by atoms with Crippen molar-refractivity contribution in [3.05, 3.63) is 53.1 Å². The number of rotatable bonds is 25. The molecule has 0 fully saturated rings. The standard InChI is InChI=1S/C39H59ClN2O7S/c1-6-8-9-10-11-12-13-14-15-16-17-18-19-20-28-50(46,47)42-31-23-26-33(40)34(29-31)41-37(44)35(36(43)39(3,4)5)49-32-24-21-30(22-25-32)38(45)48-27-7-2/h21-26,29,35,42H,6-20,27-28H2,1-5H3,(H,41,44). The topological polar surface area (TPSA) is 128 Å². The molecule has 0 bridgehead atoms. The molecule has 0 radical (unpaired) electrons. The van der Waals surface area contributed by atoms with Gasteiger partial charge in [0.25, 0.3) is 5.91 Å². The van der Waals surface area contributed by atoms with Crippen molar-refractivity contribution < 1.29 is 32.3 Å². The van der Waals surface area contributed by atoms with E-state index in [1.807, 2.05) is 6.92 Å². The fourth-order valence-corrected chi connectivity index (χ4v) is 6.64. The third-order valence-electron chi connectivity index (χ3n) is 8.26. The highest BCUT2D eigenvalue weighted by atomic mass is 35.5. The Labute approximate surface area is 305 Å². The van der Waals surface area contributed by atoms with Crippen LogP contribution in [0.25, 0.3) is 0 Å². The maximum Gasteiger partial charge on any atom is 0.338 e. The zero-order chi connectivity index (χ0) is 37.0. The van der Waals surface area contributed by atoms with Gasteiger partial charge >= 0.3 is 5.97 Å². The van der Waals surface area contributed by atoms with Gasteiger partial charge in [-0.15, -0.1) is 0 Å². The molecule has 50 heavy (non-hydrogen) atoms. The van der Waals surface area contributed by atoms with Gasteiger partial charge in [0, 0.05) is 5.41 Å². The molecule has 2 rings (SSSR count). The molecule has 11 heteroatoms. The van der Waals surface area contributed by atoms with E-state index in [0.29, 0.717) is 25.0 Å². The van der Waals surface area contributed by atoms with E-state index in [9.17, 15) is 22.8 Å². The second-order valence-electron chi connectivity index (χ2n) is 14.0. The molecule has 0 heterocycles. The van der Waals surface area contributed by atoms with Crippen LogP contribution in [0.1, 0.15) is 141 Å². The second kappa shape index (κ2) is 22.7. The fraction of sp³-hybridized carbons (Fsp3) is 0.615. The Hall–Kier alpha value is -3.11. The number of benzene rings is 2. The van der Waals surface area contributed by atoms with E-state index in [1.165, 1.54) is 107 Å². The summed E-state index contributed by atoms with van der Waals surface area (Å²) in [6.07, 6.45) is 15.7. The molecule has 1 unspecified atom stereocenters. The number of amides is 1. The number of esters is 1. The number of ether oxygens (including phenoxy) is 2. The van der Waals surface area contributed by atoms with E-state index in [1.54, 1.807) is 20.8 Å². The highest BCUT2D eigenvalue weighted by Gasteiger charge is 2.37. The van der Waals surface area contributed by atoms with Gasteiger partial charge in [-0.3, -0.25) is 14.3 Å². The van der Waals surface area contributed by atoms with Crippen molar-refractivity contribution in [2.45, 2.75) is 137 Å². The molecule has 1 atom stereocenters. The van der Waals surface area contributed by atoms with Crippen LogP contribution in [0, 0.1) is 5.41 Å². The van der Waals surface area contributed by atoms with Crippen molar-refractivity contribution in [1.29, 1.82) is 0 Å². The van der Waals surface area contributed by atoms with E-state index < -0.39 is 39.2 Å². The maximum atomic E-state index is 13.5. The Bertz CT molecular complexity index is 1440. The van der Waals surface area contributed by atoms with Crippen molar-refractivity contribution >= 4 is 50.7 Å². The minimum atomic E-state index is -3.63. The number of nitrogens with one attached hydrogen (secondary N) is 2. The molecule has 0 aliphatic carbocycles. The summed E-state index contributed by atoms with van der Waals surface area (Å²) in [6.45, 7) is 9.45. The summed E-state index contributed by atoms with van der Waals surface area (Å²) in [5.74, 6) is -1.56. The number of anilines is 2. The predicted molar refractivity (Wildman–Crippen MR) is 204 cm³/mol. The van der Waals surface area contributed by atoms with E-state index in [2.05, 4.69) is 17.0 Å². The Morgan fingerprint density at radius 1 is 0.760 bits per heavy atom. The largest absolute Gasteiger partial charge is 0.473 e. The molecule has 1 amide bonds. The van der Waals surface area contributed by atoms with Gasteiger partial charge in [-0.25, -0.2) is 13.2 Å². The van der Waals surface area contributed by atoms with Gasteiger partial charge in [0.1, 0.15) is 5.75 Å². The average molecular weight is 735 g/mol. The molecule has 9 nitrogen and oxygen atoms in total. The first-order valence-electron chi connectivity index (χ1n) is 18.4. The van der Waals surface area contributed by atoms with Crippen molar-refractivity contribution in [3.63, 3.8) is 0 Å². The summed E-state index contributed by atoms with van der Waals surface area (Å²) in [5.41, 5.74) is -0.261. The van der Waals surface area contributed by atoms with Gasteiger partial charge in [-0.05, 0) is 55.3 Å². The lowest BCUT2D eigenvalue weighted by molar-refractivity contribution is -0.140. The van der Waals surface area contributed by atoms with E-state index in [4.69, 9.17) is 21.1 Å². The molecule has 2 aromatic rings. The summed E-state index contributed by atoms with van der Waals surface area (Å²) >= 11 is 6.37. The van der Waals surface area contributed by atoms with Crippen molar-refractivity contribution in [2.75, 3.05) is 22.4 Å². The zero-order valence-corrected chi connectivity index (χ0v) is 32.4. The van der Waals surface area contributed by atoms with Gasteiger partial charge in [0.2, 0.25) is 16.1 Å². The van der Waals surface area contributed by atoms with Gasteiger partial charge < -0.3 is 14.8 Å². The van der Waals surface area contributed by atoms with Gasteiger partial charge in [-0.2, -0.15) is 0 Å². The number of carbonyl (C=O) groups excluding carboxylic acids is 3. The summed E-state index contributed by atoms with van der Waals surface area (Å²) < 4.78 is 39.3. The van der Waals surface area contributed by atoms with Crippen LogP contribution < -0.4 is 14.8 Å². The van der Waals surface area contributed by atoms with E-state index in [0.717, 1.165) is 19.3 Å². The first-order valence-corrected chi connectivity index (χ1v) is 20.4. The number of unbranched alkanes of at least 4 members (excludes halogenated alkanes) is 13. The normalized spacial score (nSPS) is 12.3. The molecule has 0 saturated carbocycles. The number of carbonyl (C=O) groups is 3. The molecule has 280 valence electrons. The Kier molecular flexibility index (Phi) is 19.5.